The molecule has 0 saturated heterocycles. The number of carboxylic acid groups (broad SMARTS) is 1. The molecule has 0 N–H and O–H groups in total. The van der Waals surface area contributed by atoms with Crippen molar-refractivity contribution in [3.63, 3.8) is 0 Å². The number of allylic oxidation sites excluding steroid dienone is 4. The fraction of sp³-hybridized carbons (Fsp3) is 0.915. The van der Waals surface area contributed by atoms with Crippen LogP contribution in [0, 0.1) is 0 Å². The molecule has 9 nitrogen and oxygen atoms in total. The van der Waals surface area contributed by atoms with Gasteiger partial charge in [-0.3, -0.25) is 9.59 Å². The third-order valence-corrected chi connectivity index (χ3v) is 18.7. The van der Waals surface area contributed by atoms with Gasteiger partial charge in [0.1, 0.15) is 13.2 Å². The summed E-state index contributed by atoms with van der Waals surface area (Å²) in [6.07, 6.45) is 90.3. The Hall–Kier alpha value is -2.23. The zero-order chi connectivity index (χ0) is 66.1. The number of nitrogens with zero attached hydrogens (tertiary/aromatic N) is 1. The number of esters is 2. The van der Waals surface area contributed by atoms with E-state index in [-0.39, 0.29) is 32.2 Å². The number of ether oxygens (including phenoxy) is 4. The molecule has 0 aromatic carbocycles. The lowest BCUT2D eigenvalue weighted by Gasteiger charge is -2.26. The monoisotopic (exact) mass is 1280 g/mol. The highest BCUT2D eigenvalue weighted by atomic mass is 16.7. The highest BCUT2D eigenvalue weighted by Crippen LogP contribution is 2.20. The summed E-state index contributed by atoms with van der Waals surface area (Å²) in [4.78, 5) is 37.6. The maximum absolute atomic E-state index is 13.0. The molecule has 0 radical (unpaired) electrons. The predicted octanol–water partition coefficient (Wildman–Crippen LogP) is 24.4. The topological polar surface area (TPSA) is 111 Å². The third kappa shape index (κ3) is 75.0. The summed E-state index contributed by atoms with van der Waals surface area (Å²) in [5.41, 5.74) is 0. The van der Waals surface area contributed by atoms with Crippen LogP contribution in [0.15, 0.2) is 24.3 Å². The second-order valence-corrected chi connectivity index (χ2v) is 29.1. The summed E-state index contributed by atoms with van der Waals surface area (Å²) in [5.74, 6) is -2.24. The van der Waals surface area contributed by atoms with Crippen LogP contribution in [0.25, 0.3) is 0 Å². The number of hydrogen-bond acceptors (Lipinski definition) is 8. The number of hydrogen-bond donors (Lipinski definition) is 0. The van der Waals surface area contributed by atoms with Crippen molar-refractivity contribution < 1.29 is 42.9 Å². The lowest BCUT2D eigenvalue weighted by Crippen LogP contribution is -2.44. The molecule has 2 atom stereocenters. The average molecular weight is 1290 g/mol. The van der Waals surface area contributed by atoms with Gasteiger partial charge in [-0.1, -0.05) is 391 Å². The highest BCUT2D eigenvalue weighted by Gasteiger charge is 2.22. The van der Waals surface area contributed by atoms with Gasteiger partial charge in [-0.25, -0.2) is 0 Å². The first-order valence-corrected chi connectivity index (χ1v) is 40.5. The van der Waals surface area contributed by atoms with Crippen LogP contribution < -0.4 is 5.11 Å². The normalized spacial score (nSPS) is 12.7. The van der Waals surface area contributed by atoms with Crippen molar-refractivity contribution in [1.82, 2.24) is 0 Å². The predicted molar refractivity (Wildman–Crippen MR) is 390 cm³/mol. The fourth-order valence-electron chi connectivity index (χ4n) is 12.5. The molecule has 0 aliphatic rings. The van der Waals surface area contributed by atoms with Crippen molar-refractivity contribution in [2.75, 3.05) is 47.5 Å². The average Bonchev–Trinajstić information content (AvgIpc) is 3.53. The molecule has 2 unspecified atom stereocenters. The number of likely N-dealkylation sites (N-methyl/N-ethyl adjacent to an activating group) is 1. The minimum Gasteiger partial charge on any atom is -0.545 e. The van der Waals surface area contributed by atoms with Crippen LogP contribution in [0.5, 0.6) is 0 Å². The number of carbonyl (C=O) groups is 3. The first kappa shape index (κ1) is 88.8. The van der Waals surface area contributed by atoms with Gasteiger partial charge in [-0.15, -0.1) is 0 Å². The first-order valence-electron chi connectivity index (χ1n) is 40.5. The van der Waals surface area contributed by atoms with Gasteiger partial charge in [0.25, 0.3) is 0 Å². The van der Waals surface area contributed by atoms with E-state index in [1.165, 1.54) is 353 Å². The SMILES string of the molecule is CCCCCCC/C=C\C/C=C\CCCCCCCCCCCCCCCCCCCCCCCCCCCCCCCC(=O)OC(COC(=O)CCCCCCCCCCCCCCCCCCCCCCCCCCC)COC(OCC[N+](C)(C)C)C(=O)[O-]. The Morgan fingerprint density at radius 2 is 0.593 bits per heavy atom. The summed E-state index contributed by atoms with van der Waals surface area (Å²) < 4.78 is 22.9. The van der Waals surface area contributed by atoms with Gasteiger partial charge in [-0.2, -0.15) is 0 Å². The maximum Gasteiger partial charge on any atom is 0.306 e. The van der Waals surface area contributed by atoms with E-state index in [4.69, 9.17) is 18.9 Å². The Labute approximate surface area is 567 Å². The van der Waals surface area contributed by atoms with Gasteiger partial charge in [-0.05, 0) is 44.9 Å². The van der Waals surface area contributed by atoms with Crippen LogP contribution >= 0.6 is 0 Å². The molecule has 91 heavy (non-hydrogen) atoms. The molecule has 0 amide bonds. The second-order valence-electron chi connectivity index (χ2n) is 29.1. The van der Waals surface area contributed by atoms with Crippen molar-refractivity contribution in [2.45, 2.75) is 437 Å². The molecule has 9 heteroatoms. The summed E-state index contributed by atoms with van der Waals surface area (Å²) in [6, 6.07) is 0. The largest absolute Gasteiger partial charge is 0.545 e. The van der Waals surface area contributed by atoms with E-state index in [1.807, 2.05) is 21.1 Å². The van der Waals surface area contributed by atoms with Crippen molar-refractivity contribution in [2.24, 2.45) is 0 Å². The zero-order valence-electron chi connectivity index (χ0n) is 61.8. The van der Waals surface area contributed by atoms with Crippen molar-refractivity contribution in [3.8, 4) is 0 Å². The van der Waals surface area contributed by atoms with E-state index in [2.05, 4.69) is 38.2 Å². The van der Waals surface area contributed by atoms with Crippen LogP contribution in [0.4, 0.5) is 0 Å². The van der Waals surface area contributed by atoms with E-state index in [1.54, 1.807) is 0 Å². The van der Waals surface area contributed by atoms with Gasteiger partial charge in [0.2, 0.25) is 0 Å². The van der Waals surface area contributed by atoms with E-state index in [0.29, 0.717) is 17.4 Å². The number of carbonyl (C=O) groups excluding carboxylic acids is 3. The number of quaternary nitrogens is 1. The molecule has 0 aliphatic heterocycles. The molecule has 538 valence electrons. The molecule has 0 aromatic heterocycles. The van der Waals surface area contributed by atoms with Crippen molar-refractivity contribution >= 4 is 17.9 Å². The summed E-state index contributed by atoms with van der Waals surface area (Å²) >= 11 is 0. The number of aliphatic carboxylic acids is 1. The van der Waals surface area contributed by atoms with Gasteiger partial charge < -0.3 is 33.3 Å². The van der Waals surface area contributed by atoms with Crippen LogP contribution in [0.2, 0.25) is 0 Å². The van der Waals surface area contributed by atoms with Crippen LogP contribution in [0.1, 0.15) is 425 Å². The Bertz CT molecular complexity index is 1540. The first-order chi connectivity index (χ1) is 44.6. The lowest BCUT2D eigenvalue weighted by molar-refractivity contribution is -0.870. The Morgan fingerprint density at radius 1 is 0.330 bits per heavy atom. The van der Waals surface area contributed by atoms with Gasteiger partial charge in [0, 0.05) is 12.8 Å². The summed E-state index contributed by atoms with van der Waals surface area (Å²) in [6.45, 7) is 4.83. The molecule has 0 rings (SSSR count). The quantitative estimate of drug-likeness (QED) is 0.0195. The van der Waals surface area contributed by atoms with Crippen LogP contribution in [-0.4, -0.2) is 82.3 Å². The highest BCUT2D eigenvalue weighted by molar-refractivity contribution is 5.70. The minimum absolute atomic E-state index is 0.153. The van der Waals surface area contributed by atoms with Gasteiger partial charge in [0.15, 0.2) is 12.4 Å². The Kier molecular flexibility index (Phi) is 71.8. The maximum atomic E-state index is 13.0. The van der Waals surface area contributed by atoms with E-state index in [0.717, 1.165) is 44.9 Å². The fourth-order valence-corrected chi connectivity index (χ4v) is 12.5. The third-order valence-electron chi connectivity index (χ3n) is 18.7. The zero-order valence-corrected chi connectivity index (χ0v) is 61.8. The summed E-state index contributed by atoms with van der Waals surface area (Å²) in [7, 11) is 5.95. The number of carboxylic acids is 1. The standard InChI is InChI=1S/C82H157NO8/c1-6-8-10-12-14-16-18-20-22-24-26-28-30-32-33-34-35-36-37-38-39-40-41-42-43-44-45-46-47-49-51-53-55-57-59-61-63-65-67-69-71-73-80(85)91-78(77-90-82(81(86)87)88-75-74-83(3,4)5)76-89-79(84)72-70-68-66-64-62-60-58-56-54-52-50-48-31-29-27-25-23-21-19-17-15-13-11-9-7-2/h18,20,24,26,78,82H,6-17,19,21-23,25,27-77H2,1-5H3/b20-18-,26-24-. The van der Waals surface area contributed by atoms with E-state index >= 15 is 0 Å². The number of rotatable bonds is 77. The molecule has 0 aliphatic carbocycles. The second kappa shape index (κ2) is 73.6. The Balaban J connectivity index is 3.91. The van der Waals surface area contributed by atoms with Crippen LogP contribution in [0.3, 0.4) is 0 Å². The van der Waals surface area contributed by atoms with Gasteiger partial charge in [0.05, 0.1) is 40.3 Å². The lowest BCUT2D eigenvalue weighted by atomic mass is 10.0. The van der Waals surface area contributed by atoms with Crippen molar-refractivity contribution in [1.29, 1.82) is 0 Å². The molecular weight excluding hydrogens is 1130 g/mol. The van der Waals surface area contributed by atoms with Gasteiger partial charge >= 0.3 is 11.9 Å². The molecule has 0 heterocycles. The smallest absolute Gasteiger partial charge is 0.306 e. The van der Waals surface area contributed by atoms with Crippen molar-refractivity contribution in [3.05, 3.63) is 24.3 Å². The molecule has 0 saturated carbocycles. The molecule has 0 fully saturated rings. The minimum atomic E-state index is -1.62. The molecule has 0 spiro atoms. The molecule has 0 bridgehead atoms. The van der Waals surface area contributed by atoms with E-state index < -0.39 is 24.3 Å². The summed E-state index contributed by atoms with van der Waals surface area (Å²) in [5, 5.41) is 11.9. The number of unbranched alkanes of at least 4 members (excludes halogenated alkanes) is 58. The molecule has 0 aromatic rings. The Morgan fingerprint density at radius 3 is 0.868 bits per heavy atom. The van der Waals surface area contributed by atoms with Crippen LogP contribution in [-0.2, 0) is 33.3 Å². The molecular formula is C82H157NO8. The van der Waals surface area contributed by atoms with E-state index in [9.17, 15) is 19.5 Å².